The second kappa shape index (κ2) is 9.43. The fourth-order valence-corrected chi connectivity index (χ4v) is 3.17. The van der Waals surface area contributed by atoms with Gasteiger partial charge in [0.25, 0.3) is 0 Å². The van der Waals surface area contributed by atoms with Crippen LogP contribution in [-0.2, 0) is 16.1 Å². The minimum atomic E-state index is -0.116. The lowest BCUT2D eigenvalue weighted by Gasteiger charge is -2.23. The summed E-state index contributed by atoms with van der Waals surface area (Å²) in [6, 6.07) is 9.04. The zero-order valence-corrected chi connectivity index (χ0v) is 15.8. The van der Waals surface area contributed by atoms with Gasteiger partial charge in [-0.2, -0.15) is 0 Å². The largest absolute Gasteiger partial charge is 0.497 e. The van der Waals surface area contributed by atoms with Gasteiger partial charge in [0.15, 0.2) is 0 Å². The predicted octanol–water partition coefficient (Wildman–Crippen LogP) is 2.92. The second-order valence-electron chi connectivity index (χ2n) is 6.53. The minimum absolute atomic E-state index is 0.116. The van der Waals surface area contributed by atoms with Crippen molar-refractivity contribution in [1.82, 2.24) is 4.90 Å². The van der Waals surface area contributed by atoms with E-state index < -0.39 is 0 Å². The number of methoxy groups -OCH3 is 2. The van der Waals surface area contributed by atoms with Crippen molar-refractivity contribution in [1.29, 1.82) is 0 Å². The van der Waals surface area contributed by atoms with E-state index in [9.17, 15) is 4.79 Å². The number of nitrogens with zero attached hydrogens (tertiary/aromatic N) is 1. The molecule has 1 unspecified atom stereocenters. The van der Waals surface area contributed by atoms with Gasteiger partial charge in [0.2, 0.25) is 5.91 Å². The Balaban J connectivity index is 1.64. The number of hydrogen-bond acceptors (Lipinski definition) is 6. The fraction of sp³-hybridized carbons (Fsp3) is 0.450. The van der Waals surface area contributed by atoms with Crippen molar-refractivity contribution in [2.75, 3.05) is 39.2 Å². The van der Waals surface area contributed by atoms with Gasteiger partial charge in [0.05, 0.1) is 39.7 Å². The van der Waals surface area contributed by atoms with Gasteiger partial charge in [-0.25, -0.2) is 0 Å². The van der Waals surface area contributed by atoms with Gasteiger partial charge in [-0.15, -0.1) is 0 Å². The van der Waals surface area contributed by atoms with Gasteiger partial charge in [-0.1, -0.05) is 0 Å². The number of carbonyl (C=O) groups excluding carboxylic acids is 1. The second-order valence-corrected chi connectivity index (χ2v) is 6.53. The highest BCUT2D eigenvalue weighted by Crippen LogP contribution is 2.25. The maximum atomic E-state index is 12.6. The third kappa shape index (κ3) is 5.74. The molecule has 146 valence electrons. The molecule has 1 aromatic heterocycles. The van der Waals surface area contributed by atoms with E-state index in [2.05, 4.69) is 5.32 Å². The summed E-state index contributed by atoms with van der Waals surface area (Å²) in [5.41, 5.74) is 0.631. The molecule has 1 aliphatic heterocycles. The molecule has 1 aliphatic rings. The quantitative estimate of drug-likeness (QED) is 0.728. The average Bonchev–Trinajstić information content (AvgIpc) is 3.35. The molecule has 1 saturated heterocycles. The van der Waals surface area contributed by atoms with Crippen LogP contribution >= 0.6 is 0 Å². The monoisotopic (exact) mass is 374 g/mol. The van der Waals surface area contributed by atoms with Crippen LogP contribution in [0.4, 0.5) is 5.69 Å². The summed E-state index contributed by atoms with van der Waals surface area (Å²) in [7, 11) is 3.15. The van der Waals surface area contributed by atoms with Crippen molar-refractivity contribution >= 4 is 11.6 Å². The molecule has 1 atom stereocenters. The molecule has 0 spiro atoms. The average molecular weight is 374 g/mol. The Kier molecular flexibility index (Phi) is 6.73. The molecular formula is C20H26N2O5. The summed E-state index contributed by atoms with van der Waals surface area (Å²) in [5.74, 6) is 1.95. The van der Waals surface area contributed by atoms with E-state index in [0.29, 0.717) is 30.3 Å². The Hall–Kier alpha value is -2.51. The summed E-state index contributed by atoms with van der Waals surface area (Å²) in [5, 5.41) is 2.91. The summed E-state index contributed by atoms with van der Waals surface area (Å²) in [4.78, 5) is 14.7. The Bertz CT molecular complexity index is 704. The van der Waals surface area contributed by atoms with Crippen LogP contribution in [0.25, 0.3) is 0 Å². The normalized spacial score (nSPS) is 16.5. The zero-order valence-electron chi connectivity index (χ0n) is 15.8. The first-order valence-electron chi connectivity index (χ1n) is 9.05. The SMILES string of the molecule is COc1cc(NC(=O)CN(Cc2ccco2)CC2CCCO2)cc(OC)c1. The molecule has 3 rings (SSSR count). The Morgan fingerprint density at radius 1 is 1.26 bits per heavy atom. The number of carbonyl (C=O) groups is 1. The first-order valence-corrected chi connectivity index (χ1v) is 9.05. The van der Waals surface area contributed by atoms with Crippen molar-refractivity contribution in [2.45, 2.75) is 25.5 Å². The molecule has 27 heavy (non-hydrogen) atoms. The third-order valence-electron chi connectivity index (χ3n) is 4.45. The topological polar surface area (TPSA) is 73.2 Å². The molecule has 2 heterocycles. The number of furan rings is 1. The van der Waals surface area contributed by atoms with E-state index in [-0.39, 0.29) is 18.6 Å². The number of nitrogens with one attached hydrogen (secondary N) is 1. The van der Waals surface area contributed by atoms with Crippen LogP contribution in [0.5, 0.6) is 11.5 Å². The van der Waals surface area contributed by atoms with Crippen molar-refractivity contribution in [3.8, 4) is 11.5 Å². The molecule has 0 saturated carbocycles. The molecule has 0 bridgehead atoms. The lowest BCUT2D eigenvalue weighted by atomic mass is 10.2. The lowest BCUT2D eigenvalue weighted by Crippen LogP contribution is -2.37. The molecule has 7 nitrogen and oxygen atoms in total. The Morgan fingerprint density at radius 3 is 2.63 bits per heavy atom. The van der Waals surface area contributed by atoms with Crippen molar-refractivity contribution in [3.05, 3.63) is 42.4 Å². The van der Waals surface area contributed by atoms with E-state index in [1.807, 2.05) is 17.0 Å². The van der Waals surface area contributed by atoms with E-state index >= 15 is 0 Å². The summed E-state index contributed by atoms with van der Waals surface area (Å²) < 4.78 is 21.7. The lowest BCUT2D eigenvalue weighted by molar-refractivity contribution is -0.117. The number of amides is 1. The van der Waals surface area contributed by atoms with Gasteiger partial charge in [-0.05, 0) is 25.0 Å². The van der Waals surface area contributed by atoms with Gasteiger partial charge in [0, 0.05) is 37.0 Å². The number of ether oxygens (including phenoxy) is 3. The fourth-order valence-electron chi connectivity index (χ4n) is 3.17. The van der Waals surface area contributed by atoms with Crippen LogP contribution in [0.15, 0.2) is 41.0 Å². The molecule has 0 aliphatic carbocycles. The van der Waals surface area contributed by atoms with Gasteiger partial charge >= 0.3 is 0 Å². The van der Waals surface area contributed by atoms with Crippen molar-refractivity contribution in [3.63, 3.8) is 0 Å². The molecule has 7 heteroatoms. The number of rotatable bonds is 9. The summed E-state index contributed by atoms with van der Waals surface area (Å²) >= 11 is 0. The first-order chi connectivity index (χ1) is 13.2. The summed E-state index contributed by atoms with van der Waals surface area (Å²) in [6.07, 6.45) is 3.88. The first kappa shape index (κ1) is 19.3. The number of anilines is 1. The van der Waals surface area contributed by atoms with Crippen LogP contribution in [0.1, 0.15) is 18.6 Å². The van der Waals surface area contributed by atoms with Crippen LogP contribution in [0.2, 0.25) is 0 Å². The van der Waals surface area contributed by atoms with E-state index in [1.54, 1.807) is 38.7 Å². The molecule has 1 N–H and O–H groups in total. The van der Waals surface area contributed by atoms with Crippen LogP contribution < -0.4 is 14.8 Å². The minimum Gasteiger partial charge on any atom is -0.497 e. The molecule has 1 amide bonds. The molecule has 2 aromatic rings. The highest BCUT2D eigenvalue weighted by atomic mass is 16.5. The van der Waals surface area contributed by atoms with Gasteiger partial charge < -0.3 is 23.9 Å². The summed E-state index contributed by atoms with van der Waals surface area (Å²) in [6.45, 7) is 2.27. The molecule has 0 radical (unpaired) electrons. The van der Waals surface area contributed by atoms with Crippen molar-refractivity contribution in [2.24, 2.45) is 0 Å². The predicted molar refractivity (Wildman–Crippen MR) is 101 cm³/mol. The molecular weight excluding hydrogens is 348 g/mol. The Morgan fingerprint density at radius 2 is 2.04 bits per heavy atom. The van der Waals surface area contributed by atoms with Crippen LogP contribution in [-0.4, -0.2) is 50.8 Å². The van der Waals surface area contributed by atoms with Crippen LogP contribution in [0, 0.1) is 0 Å². The van der Waals surface area contributed by atoms with E-state index in [4.69, 9.17) is 18.6 Å². The van der Waals surface area contributed by atoms with Gasteiger partial charge in [0.1, 0.15) is 17.3 Å². The van der Waals surface area contributed by atoms with Crippen LogP contribution in [0.3, 0.4) is 0 Å². The smallest absolute Gasteiger partial charge is 0.238 e. The zero-order chi connectivity index (χ0) is 19.1. The molecule has 1 aromatic carbocycles. The van der Waals surface area contributed by atoms with Gasteiger partial charge in [-0.3, -0.25) is 9.69 Å². The maximum Gasteiger partial charge on any atom is 0.238 e. The Labute approximate surface area is 159 Å². The maximum absolute atomic E-state index is 12.6. The van der Waals surface area contributed by atoms with Crippen molar-refractivity contribution < 1.29 is 23.4 Å². The standard InChI is InChI=1S/C20H26N2O5/c1-24-18-9-15(10-19(11-18)25-2)21-20(23)14-22(12-16-5-3-7-26-16)13-17-6-4-8-27-17/h3,5,7,9-11,17H,4,6,8,12-14H2,1-2H3,(H,21,23). The highest BCUT2D eigenvalue weighted by Gasteiger charge is 2.22. The molecule has 1 fully saturated rings. The van der Waals surface area contributed by atoms with E-state index in [0.717, 1.165) is 25.2 Å². The number of benzene rings is 1. The number of hydrogen-bond donors (Lipinski definition) is 1. The van der Waals surface area contributed by atoms with E-state index in [1.165, 1.54) is 0 Å². The third-order valence-corrected chi connectivity index (χ3v) is 4.45. The highest BCUT2D eigenvalue weighted by molar-refractivity contribution is 5.92.